The van der Waals surface area contributed by atoms with Gasteiger partial charge in [0.1, 0.15) is 0 Å². The lowest BCUT2D eigenvalue weighted by atomic mass is 9.68. The van der Waals surface area contributed by atoms with Gasteiger partial charge in [-0.3, -0.25) is 11.3 Å². The number of nitrogens with one attached hydrogen (secondary N) is 1. The highest BCUT2D eigenvalue weighted by atomic mass is 16.5. The Labute approximate surface area is 100 Å². The summed E-state index contributed by atoms with van der Waals surface area (Å²) in [4.78, 5) is 0. The Bertz CT molecular complexity index is 214. The summed E-state index contributed by atoms with van der Waals surface area (Å²) < 4.78 is 5.86. The van der Waals surface area contributed by atoms with E-state index >= 15 is 0 Å². The normalized spacial score (nSPS) is 33.8. The van der Waals surface area contributed by atoms with E-state index < -0.39 is 0 Å². The smallest absolute Gasteiger partial charge is 0.0849 e. The molecule has 3 heteroatoms. The van der Waals surface area contributed by atoms with Gasteiger partial charge in [-0.25, -0.2) is 0 Å². The van der Waals surface area contributed by atoms with E-state index in [4.69, 9.17) is 10.6 Å². The summed E-state index contributed by atoms with van der Waals surface area (Å²) in [6.07, 6.45) is 4.69. The Morgan fingerprint density at radius 1 is 1.31 bits per heavy atom. The third-order valence-corrected chi connectivity index (χ3v) is 4.09. The Morgan fingerprint density at radius 3 is 2.12 bits per heavy atom. The van der Waals surface area contributed by atoms with Crippen molar-refractivity contribution in [3.63, 3.8) is 0 Å². The van der Waals surface area contributed by atoms with Crippen LogP contribution < -0.4 is 11.3 Å². The van der Waals surface area contributed by atoms with Gasteiger partial charge in [-0.05, 0) is 37.0 Å². The molecule has 0 bridgehead atoms. The summed E-state index contributed by atoms with van der Waals surface area (Å²) >= 11 is 0. The molecule has 0 radical (unpaired) electrons. The topological polar surface area (TPSA) is 47.3 Å². The maximum absolute atomic E-state index is 5.86. The van der Waals surface area contributed by atoms with Crippen LogP contribution in [0.1, 0.15) is 53.4 Å². The molecule has 1 fully saturated rings. The van der Waals surface area contributed by atoms with Gasteiger partial charge in [0.2, 0.25) is 0 Å². The third kappa shape index (κ3) is 2.76. The Morgan fingerprint density at radius 2 is 1.81 bits per heavy atom. The van der Waals surface area contributed by atoms with Crippen molar-refractivity contribution in [3.8, 4) is 0 Å². The molecule has 16 heavy (non-hydrogen) atoms. The fourth-order valence-electron chi connectivity index (χ4n) is 3.05. The van der Waals surface area contributed by atoms with Gasteiger partial charge in [-0.2, -0.15) is 0 Å². The van der Waals surface area contributed by atoms with Crippen molar-refractivity contribution in [2.75, 3.05) is 7.11 Å². The van der Waals surface area contributed by atoms with E-state index in [0.717, 1.165) is 18.8 Å². The largest absolute Gasteiger partial charge is 0.377 e. The van der Waals surface area contributed by atoms with Crippen LogP contribution in [0.25, 0.3) is 0 Å². The zero-order chi connectivity index (χ0) is 12.4. The fraction of sp³-hybridized carbons (Fsp3) is 1.00. The second-order valence-corrected chi connectivity index (χ2v) is 6.42. The molecule has 0 aliphatic heterocycles. The van der Waals surface area contributed by atoms with Crippen molar-refractivity contribution in [2.24, 2.45) is 17.2 Å². The van der Waals surface area contributed by atoms with E-state index in [2.05, 4.69) is 33.1 Å². The maximum atomic E-state index is 5.86. The fourth-order valence-corrected chi connectivity index (χ4v) is 3.05. The molecule has 3 nitrogen and oxygen atoms in total. The van der Waals surface area contributed by atoms with E-state index in [1.807, 2.05) is 7.11 Å². The quantitative estimate of drug-likeness (QED) is 0.576. The SMILES string of the molecule is COC1(C(NN)C(C)(C)C)CCC(C)CC1. The first-order valence-corrected chi connectivity index (χ1v) is 6.37. The van der Waals surface area contributed by atoms with Crippen molar-refractivity contribution in [1.82, 2.24) is 5.43 Å². The van der Waals surface area contributed by atoms with Gasteiger partial charge in [0.25, 0.3) is 0 Å². The molecule has 0 amide bonds. The van der Waals surface area contributed by atoms with Crippen molar-refractivity contribution >= 4 is 0 Å². The molecule has 1 saturated carbocycles. The Hall–Kier alpha value is -0.120. The molecule has 1 rings (SSSR count). The molecule has 1 aliphatic carbocycles. The highest BCUT2D eigenvalue weighted by molar-refractivity contribution is 5.00. The van der Waals surface area contributed by atoms with Gasteiger partial charge in [-0.15, -0.1) is 0 Å². The van der Waals surface area contributed by atoms with E-state index in [1.54, 1.807) is 0 Å². The number of ether oxygens (including phenoxy) is 1. The van der Waals surface area contributed by atoms with Crippen LogP contribution in [0.2, 0.25) is 0 Å². The van der Waals surface area contributed by atoms with Crippen LogP contribution in [0.5, 0.6) is 0 Å². The predicted molar refractivity (Wildman–Crippen MR) is 67.9 cm³/mol. The third-order valence-electron chi connectivity index (χ3n) is 4.09. The van der Waals surface area contributed by atoms with Crippen molar-refractivity contribution in [2.45, 2.75) is 65.0 Å². The molecule has 0 heterocycles. The zero-order valence-electron chi connectivity index (χ0n) is 11.5. The Balaban J connectivity index is 2.86. The molecule has 96 valence electrons. The average molecular weight is 228 g/mol. The molecule has 1 unspecified atom stereocenters. The van der Waals surface area contributed by atoms with E-state index in [9.17, 15) is 0 Å². The molecule has 0 aromatic rings. The lowest BCUT2D eigenvalue weighted by molar-refractivity contribution is -0.0994. The number of hydrogen-bond donors (Lipinski definition) is 2. The van der Waals surface area contributed by atoms with Crippen LogP contribution in [-0.2, 0) is 4.74 Å². The predicted octanol–water partition coefficient (Wildman–Crippen LogP) is 2.46. The second-order valence-electron chi connectivity index (χ2n) is 6.42. The lowest BCUT2D eigenvalue weighted by Crippen LogP contribution is -2.61. The number of nitrogens with two attached hydrogens (primary N) is 1. The van der Waals surface area contributed by atoms with E-state index in [0.29, 0.717) is 0 Å². The standard InChI is InChI=1S/C13H28N2O/c1-10-6-8-13(16-5,9-7-10)11(15-14)12(2,3)4/h10-11,15H,6-9,14H2,1-5H3. The minimum absolute atomic E-state index is 0.0838. The van der Waals surface area contributed by atoms with E-state index in [-0.39, 0.29) is 17.1 Å². The molecule has 1 atom stereocenters. The molecular weight excluding hydrogens is 200 g/mol. The summed E-state index contributed by atoms with van der Waals surface area (Å²) in [6.45, 7) is 8.98. The molecule has 0 saturated heterocycles. The van der Waals surface area contributed by atoms with Crippen molar-refractivity contribution in [1.29, 1.82) is 0 Å². The highest BCUT2D eigenvalue weighted by Crippen LogP contribution is 2.41. The average Bonchev–Trinajstić information content (AvgIpc) is 2.20. The monoisotopic (exact) mass is 228 g/mol. The van der Waals surface area contributed by atoms with Crippen molar-refractivity contribution in [3.05, 3.63) is 0 Å². The number of methoxy groups -OCH3 is 1. The lowest BCUT2D eigenvalue weighted by Gasteiger charge is -2.48. The molecule has 0 aromatic heterocycles. The molecule has 3 N–H and O–H groups in total. The second kappa shape index (κ2) is 5.03. The molecule has 0 aromatic carbocycles. The molecule has 0 spiro atoms. The van der Waals surface area contributed by atoms with Crippen LogP contribution in [0.15, 0.2) is 0 Å². The van der Waals surface area contributed by atoms with Gasteiger partial charge in [0.15, 0.2) is 0 Å². The number of hydrogen-bond acceptors (Lipinski definition) is 3. The van der Waals surface area contributed by atoms with Crippen LogP contribution in [0.4, 0.5) is 0 Å². The van der Waals surface area contributed by atoms with Gasteiger partial charge in [0.05, 0.1) is 11.6 Å². The number of hydrazine groups is 1. The highest BCUT2D eigenvalue weighted by Gasteiger charge is 2.46. The van der Waals surface area contributed by atoms with Crippen molar-refractivity contribution < 1.29 is 4.74 Å². The zero-order valence-corrected chi connectivity index (χ0v) is 11.5. The van der Waals surface area contributed by atoms with Crippen LogP contribution in [0, 0.1) is 11.3 Å². The summed E-state index contributed by atoms with van der Waals surface area (Å²) in [5.41, 5.74) is 3.03. The van der Waals surface area contributed by atoms with Gasteiger partial charge in [0, 0.05) is 7.11 Å². The number of rotatable bonds is 3. The van der Waals surface area contributed by atoms with Gasteiger partial charge in [-0.1, -0.05) is 27.7 Å². The first-order valence-electron chi connectivity index (χ1n) is 6.37. The van der Waals surface area contributed by atoms with Crippen LogP contribution in [-0.4, -0.2) is 18.8 Å². The maximum Gasteiger partial charge on any atom is 0.0849 e. The van der Waals surface area contributed by atoms with Crippen LogP contribution in [0.3, 0.4) is 0 Å². The summed E-state index contributed by atoms with van der Waals surface area (Å²) in [7, 11) is 1.83. The Kier molecular flexibility index (Phi) is 4.38. The first-order chi connectivity index (χ1) is 7.35. The molecule has 1 aliphatic rings. The summed E-state index contributed by atoms with van der Waals surface area (Å²) in [5.74, 6) is 6.58. The van der Waals surface area contributed by atoms with Gasteiger partial charge < -0.3 is 4.74 Å². The summed E-state index contributed by atoms with van der Waals surface area (Å²) in [6, 6.07) is 0.206. The summed E-state index contributed by atoms with van der Waals surface area (Å²) in [5, 5.41) is 0. The van der Waals surface area contributed by atoms with E-state index in [1.165, 1.54) is 12.8 Å². The van der Waals surface area contributed by atoms with Gasteiger partial charge >= 0.3 is 0 Å². The minimum atomic E-state index is -0.0838. The first kappa shape index (κ1) is 13.9. The molecular formula is C13H28N2O. The minimum Gasteiger partial charge on any atom is -0.377 e. The van der Waals surface area contributed by atoms with Crippen LogP contribution >= 0.6 is 0 Å².